The molecule has 0 spiro atoms. The summed E-state index contributed by atoms with van der Waals surface area (Å²) >= 11 is 0. The van der Waals surface area contributed by atoms with Gasteiger partial charge in [-0.15, -0.1) is 0 Å². The summed E-state index contributed by atoms with van der Waals surface area (Å²) in [5, 5.41) is 27.6. The molecule has 1 aliphatic heterocycles. The van der Waals surface area contributed by atoms with Crippen LogP contribution in [-0.4, -0.2) is 46.0 Å². The van der Waals surface area contributed by atoms with Gasteiger partial charge in [0.25, 0.3) is 0 Å². The van der Waals surface area contributed by atoms with Crippen LogP contribution in [0.5, 0.6) is 0 Å². The highest BCUT2D eigenvalue weighted by Gasteiger charge is 2.42. The standard InChI is InChI=1S/C6H13NO5/c1-2-3(8)4(9)5(10)6(11-2)12-7/h2-6,8-10H,7H2,1H3/t2-,3+,4-,5-,6-/m0/s1. The molecule has 0 bridgehead atoms. The highest BCUT2D eigenvalue weighted by molar-refractivity contribution is 4.86. The first-order valence-corrected chi connectivity index (χ1v) is 3.63. The SMILES string of the molecule is C[C@@H]1O[C@@H](ON)[C@@H](O)[C@@H](O)[C@@H]1O. The normalized spacial score (nSPS) is 49.2. The van der Waals surface area contributed by atoms with Crippen molar-refractivity contribution in [3.63, 3.8) is 0 Å². The van der Waals surface area contributed by atoms with Crippen LogP contribution in [0.2, 0.25) is 0 Å². The van der Waals surface area contributed by atoms with Crippen LogP contribution in [0.15, 0.2) is 0 Å². The van der Waals surface area contributed by atoms with Crippen LogP contribution in [0.4, 0.5) is 0 Å². The molecule has 0 aromatic rings. The molecule has 12 heavy (non-hydrogen) atoms. The summed E-state index contributed by atoms with van der Waals surface area (Å²) in [6, 6.07) is 0. The molecule has 72 valence electrons. The van der Waals surface area contributed by atoms with E-state index in [1.807, 2.05) is 0 Å². The van der Waals surface area contributed by atoms with Crippen LogP contribution < -0.4 is 5.90 Å². The molecule has 0 aromatic carbocycles. The van der Waals surface area contributed by atoms with E-state index in [0.29, 0.717) is 0 Å². The zero-order valence-electron chi connectivity index (χ0n) is 6.62. The molecule has 0 radical (unpaired) electrons. The van der Waals surface area contributed by atoms with Crippen molar-refractivity contribution in [1.82, 2.24) is 0 Å². The van der Waals surface area contributed by atoms with E-state index in [4.69, 9.17) is 10.6 Å². The molecule has 0 amide bonds. The van der Waals surface area contributed by atoms with Gasteiger partial charge in [-0.3, -0.25) is 4.84 Å². The summed E-state index contributed by atoms with van der Waals surface area (Å²) in [6.45, 7) is 1.55. The zero-order chi connectivity index (χ0) is 9.30. The summed E-state index contributed by atoms with van der Waals surface area (Å²) in [6.07, 6.45) is -5.43. The van der Waals surface area contributed by atoms with E-state index in [1.54, 1.807) is 6.92 Å². The summed E-state index contributed by atoms with van der Waals surface area (Å²) in [5.74, 6) is 4.79. The van der Waals surface area contributed by atoms with E-state index in [1.165, 1.54) is 0 Å². The largest absolute Gasteiger partial charge is 0.388 e. The lowest BCUT2D eigenvalue weighted by atomic mass is 10.0. The maximum Gasteiger partial charge on any atom is 0.205 e. The van der Waals surface area contributed by atoms with Crippen LogP contribution in [-0.2, 0) is 9.57 Å². The first-order valence-electron chi connectivity index (χ1n) is 3.63. The first-order chi connectivity index (χ1) is 5.57. The molecule has 6 heteroatoms. The number of nitrogens with two attached hydrogens (primary N) is 1. The van der Waals surface area contributed by atoms with Crippen LogP contribution in [0.1, 0.15) is 6.92 Å². The van der Waals surface area contributed by atoms with Gasteiger partial charge >= 0.3 is 0 Å². The zero-order valence-corrected chi connectivity index (χ0v) is 6.62. The van der Waals surface area contributed by atoms with Crippen molar-refractivity contribution in [3.05, 3.63) is 0 Å². The Morgan fingerprint density at radius 3 is 2.25 bits per heavy atom. The van der Waals surface area contributed by atoms with E-state index >= 15 is 0 Å². The topological polar surface area (TPSA) is 105 Å². The van der Waals surface area contributed by atoms with Gasteiger partial charge in [0.1, 0.15) is 18.3 Å². The van der Waals surface area contributed by atoms with Crippen molar-refractivity contribution in [2.75, 3.05) is 0 Å². The number of hydrogen-bond acceptors (Lipinski definition) is 6. The van der Waals surface area contributed by atoms with Gasteiger partial charge in [0.15, 0.2) is 0 Å². The van der Waals surface area contributed by atoms with Crippen molar-refractivity contribution in [3.8, 4) is 0 Å². The van der Waals surface area contributed by atoms with Crippen LogP contribution in [0.25, 0.3) is 0 Å². The lowest BCUT2D eigenvalue weighted by molar-refractivity contribution is -0.294. The molecule has 1 heterocycles. The first kappa shape index (κ1) is 9.85. The van der Waals surface area contributed by atoms with Crippen molar-refractivity contribution >= 4 is 0 Å². The maximum absolute atomic E-state index is 9.20. The minimum absolute atomic E-state index is 0.614. The Morgan fingerprint density at radius 2 is 1.75 bits per heavy atom. The van der Waals surface area contributed by atoms with Gasteiger partial charge in [0.05, 0.1) is 6.10 Å². The molecule has 1 rings (SSSR count). The third-order valence-electron chi connectivity index (χ3n) is 1.94. The van der Waals surface area contributed by atoms with Gasteiger partial charge in [-0.2, -0.15) is 0 Å². The summed E-state index contributed by atoms with van der Waals surface area (Å²) in [5.41, 5.74) is 0. The number of ether oxygens (including phenoxy) is 1. The van der Waals surface area contributed by atoms with Gasteiger partial charge in [-0.05, 0) is 6.92 Å². The second-order valence-electron chi connectivity index (χ2n) is 2.82. The smallest absolute Gasteiger partial charge is 0.205 e. The number of hydrogen-bond donors (Lipinski definition) is 4. The minimum atomic E-state index is -1.32. The molecule has 5 N–H and O–H groups in total. The van der Waals surface area contributed by atoms with Crippen molar-refractivity contribution in [2.45, 2.75) is 37.6 Å². The average molecular weight is 179 g/mol. The highest BCUT2D eigenvalue weighted by Crippen LogP contribution is 2.20. The fraction of sp³-hybridized carbons (Fsp3) is 1.00. The van der Waals surface area contributed by atoms with E-state index in [-0.39, 0.29) is 0 Å². The van der Waals surface area contributed by atoms with E-state index < -0.39 is 30.7 Å². The fourth-order valence-electron chi connectivity index (χ4n) is 1.13. The van der Waals surface area contributed by atoms with Gasteiger partial charge < -0.3 is 20.1 Å². The molecular formula is C6H13NO5. The molecule has 0 unspecified atom stereocenters. The molecule has 1 aliphatic rings. The Bertz CT molecular complexity index is 150. The Hall–Kier alpha value is -0.240. The Kier molecular flexibility index (Phi) is 2.99. The average Bonchev–Trinajstić information content (AvgIpc) is 2.08. The van der Waals surface area contributed by atoms with Gasteiger partial charge in [0, 0.05) is 0 Å². The third-order valence-corrected chi connectivity index (χ3v) is 1.94. The third kappa shape index (κ3) is 1.58. The molecule has 0 aliphatic carbocycles. The van der Waals surface area contributed by atoms with Crippen molar-refractivity contribution in [1.29, 1.82) is 0 Å². The molecule has 0 saturated carbocycles. The summed E-state index contributed by atoms with van der Waals surface area (Å²) in [7, 11) is 0. The van der Waals surface area contributed by atoms with Crippen molar-refractivity contribution in [2.24, 2.45) is 5.90 Å². The van der Waals surface area contributed by atoms with Crippen LogP contribution in [0, 0.1) is 0 Å². The second kappa shape index (κ2) is 3.65. The lowest BCUT2D eigenvalue weighted by Gasteiger charge is -2.37. The van der Waals surface area contributed by atoms with E-state index in [0.717, 1.165) is 0 Å². The second-order valence-corrected chi connectivity index (χ2v) is 2.82. The Morgan fingerprint density at radius 1 is 1.17 bits per heavy atom. The quantitative estimate of drug-likeness (QED) is 0.337. The van der Waals surface area contributed by atoms with E-state index in [2.05, 4.69) is 4.84 Å². The number of aliphatic hydroxyl groups excluding tert-OH is 3. The monoisotopic (exact) mass is 179 g/mol. The molecular weight excluding hydrogens is 166 g/mol. The Balaban J connectivity index is 2.63. The number of aliphatic hydroxyl groups is 3. The number of rotatable bonds is 1. The Labute approximate surface area is 69.5 Å². The molecule has 5 atom stereocenters. The highest BCUT2D eigenvalue weighted by atomic mass is 16.8. The van der Waals surface area contributed by atoms with Crippen molar-refractivity contribution < 1.29 is 24.9 Å². The van der Waals surface area contributed by atoms with E-state index in [9.17, 15) is 15.3 Å². The van der Waals surface area contributed by atoms with Gasteiger partial charge in [-0.25, -0.2) is 5.90 Å². The molecule has 6 nitrogen and oxygen atoms in total. The van der Waals surface area contributed by atoms with Gasteiger partial charge in [0.2, 0.25) is 6.29 Å². The lowest BCUT2D eigenvalue weighted by Crippen LogP contribution is -2.57. The van der Waals surface area contributed by atoms with Crippen LogP contribution >= 0.6 is 0 Å². The minimum Gasteiger partial charge on any atom is -0.388 e. The fourth-order valence-corrected chi connectivity index (χ4v) is 1.13. The summed E-state index contributed by atoms with van der Waals surface area (Å²) < 4.78 is 4.92. The predicted octanol–water partition coefficient (Wildman–Crippen LogP) is -2.30. The molecule has 0 aromatic heterocycles. The molecule has 1 fully saturated rings. The van der Waals surface area contributed by atoms with Crippen LogP contribution in [0.3, 0.4) is 0 Å². The predicted molar refractivity (Wildman–Crippen MR) is 37.6 cm³/mol. The molecule has 1 saturated heterocycles. The summed E-state index contributed by atoms with van der Waals surface area (Å²) in [4.78, 5) is 4.25. The van der Waals surface area contributed by atoms with Gasteiger partial charge in [-0.1, -0.05) is 0 Å². The maximum atomic E-state index is 9.20.